The van der Waals surface area contributed by atoms with Crippen LogP contribution in [0.5, 0.6) is 0 Å². The lowest BCUT2D eigenvalue weighted by molar-refractivity contribution is -0.136. The summed E-state index contributed by atoms with van der Waals surface area (Å²) in [5.41, 5.74) is 3.05. The second-order valence-electron chi connectivity index (χ2n) is 11.4. The minimum absolute atomic E-state index is 0.0390. The Morgan fingerprint density at radius 3 is 2.37 bits per heavy atom. The topological polar surface area (TPSA) is 114 Å². The molecule has 4 aliphatic heterocycles. The van der Waals surface area contributed by atoms with Gasteiger partial charge in [-0.3, -0.25) is 24.6 Å². The molecule has 2 aromatic rings. The summed E-state index contributed by atoms with van der Waals surface area (Å²) in [6.45, 7) is 6.50. The van der Waals surface area contributed by atoms with E-state index >= 15 is 0 Å². The van der Waals surface area contributed by atoms with E-state index in [0.717, 1.165) is 76.0 Å². The molecule has 11 heteroatoms. The van der Waals surface area contributed by atoms with Crippen molar-refractivity contribution in [3.63, 3.8) is 0 Å². The molecule has 41 heavy (non-hydrogen) atoms. The summed E-state index contributed by atoms with van der Waals surface area (Å²) in [6.07, 6.45) is 2.52. The number of carbonyl (C=O) groups excluding carboxylic acids is 3. The van der Waals surface area contributed by atoms with E-state index in [0.29, 0.717) is 30.1 Å². The maximum atomic E-state index is 14.5. The van der Waals surface area contributed by atoms with Gasteiger partial charge in [0, 0.05) is 70.0 Å². The average molecular weight is 564 g/mol. The number of nitrogens with zero attached hydrogens (tertiary/aromatic N) is 4. The molecule has 2 N–H and O–H groups in total. The molecule has 1 atom stereocenters. The van der Waals surface area contributed by atoms with E-state index < -0.39 is 23.7 Å². The zero-order chi connectivity index (χ0) is 28.7. The lowest BCUT2D eigenvalue weighted by Gasteiger charge is -2.40. The zero-order valence-corrected chi connectivity index (χ0v) is 22.9. The highest BCUT2D eigenvalue weighted by atomic mass is 19.1. The Balaban J connectivity index is 0.993. The Morgan fingerprint density at radius 1 is 0.927 bits per heavy atom. The number of carboxylic acids is 1. The van der Waals surface area contributed by atoms with E-state index in [1.165, 1.54) is 6.07 Å². The molecule has 0 aliphatic carbocycles. The van der Waals surface area contributed by atoms with Crippen LogP contribution in [0.15, 0.2) is 36.4 Å². The molecule has 0 aromatic heterocycles. The van der Waals surface area contributed by atoms with Gasteiger partial charge in [-0.25, -0.2) is 9.18 Å². The van der Waals surface area contributed by atoms with Crippen molar-refractivity contribution in [2.45, 2.75) is 38.3 Å². The molecule has 3 saturated heterocycles. The molecular formula is C30H34FN5O5. The highest BCUT2D eigenvalue weighted by Crippen LogP contribution is 2.32. The first-order valence-electron chi connectivity index (χ1n) is 14.3. The van der Waals surface area contributed by atoms with Crippen molar-refractivity contribution < 1.29 is 28.7 Å². The quantitative estimate of drug-likeness (QED) is 0.515. The molecule has 4 aliphatic rings. The molecule has 0 saturated carbocycles. The summed E-state index contributed by atoms with van der Waals surface area (Å²) in [4.78, 5) is 56.3. The number of fused-ring (bicyclic) bond motifs is 1. The van der Waals surface area contributed by atoms with Gasteiger partial charge in [0.2, 0.25) is 11.8 Å². The monoisotopic (exact) mass is 563 g/mol. The molecule has 0 radical (unpaired) electrons. The van der Waals surface area contributed by atoms with Crippen LogP contribution in [0, 0.1) is 11.7 Å². The normalized spacial score (nSPS) is 22.2. The molecular weight excluding hydrogens is 529 g/mol. The van der Waals surface area contributed by atoms with Crippen LogP contribution in [0.25, 0.3) is 0 Å². The number of benzene rings is 2. The Bertz CT molecular complexity index is 1380. The van der Waals surface area contributed by atoms with Gasteiger partial charge in [-0.2, -0.15) is 0 Å². The van der Waals surface area contributed by atoms with Crippen LogP contribution in [0.2, 0.25) is 0 Å². The fraction of sp³-hybridized carbons (Fsp3) is 0.467. The van der Waals surface area contributed by atoms with Gasteiger partial charge in [-0.15, -0.1) is 0 Å². The van der Waals surface area contributed by atoms with Crippen molar-refractivity contribution in [2.75, 3.05) is 55.6 Å². The first-order chi connectivity index (χ1) is 19.8. The number of piperazine rings is 1. The number of hydrogen-bond acceptors (Lipinski definition) is 7. The van der Waals surface area contributed by atoms with Crippen LogP contribution in [0.3, 0.4) is 0 Å². The third-order valence-corrected chi connectivity index (χ3v) is 8.91. The maximum Gasteiger partial charge on any atom is 0.335 e. The molecule has 0 bridgehead atoms. The number of piperidine rings is 2. The van der Waals surface area contributed by atoms with Crippen LogP contribution < -0.4 is 15.1 Å². The highest BCUT2D eigenvalue weighted by Gasteiger charge is 2.39. The molecule has 4 heterocycles. The first-order valence-corrected chi connectivity index (χ1v) is 14.3. The number of rotatable bonds is 6. The van der Waals surface area contributed by atoms with Crippen molar-refractivity contribution >= 4 is 35.1 Å². The number of nitrogens with one attached hydrogen (secondary N) is 1. The molecule has 2 aromatic carbocycles. The smallest absolute Gasteiger partial charge is 0.335 e. The number of aromatic carboxylic acids is 1. The first kappa shape index (κ1) is 27.2. The molecule has 10 nitrogen and oxygen atoms in total. The van der Waals surface area contributed by atoms with Gasteiger partial charge in [0.15, 0.2) is 0 Å². The maximum absolute atomic E-state index is 14.5. The predicted molar refractivity (Wildman–Crippen MR) is 149 cm³/mol. The van der Waals surface area contributed by atoms with Gasteiger partial charge in [0.05, 0.1) is 11.3 Å². The van der Waals surface area contributed by atoms with Gasteiger partial charge >= 0.3 is 5.97 Å². The summed E-state index contributed by atoms with van der Waals surface area (Å²) in [7, 11) is 0. The van der Waals surface area contributed by atoms with Crippen LogP contribution in [-0.2, 0) is 16.1 Å². The summed E-state index contributed by atoms with van der Waals surface area (Å²) in [5, 5.41) is 11.4. The third kappa shape index (κ3) is 5.50. The molecule has 1 unspecified atom stereocenters. The van der Waals surface area contributed by atoms with Crippen LogP contribution in [-0.4, -0.2) is 90.5 Å². The van der Waals surface area contributed by atoms with Gasteiger partial charge in [0.25, 0.3) is 5.91 Å². The summed E-state index contributed by atoms with van der Waals surface area (Å²) >= 11 is 0. The number of imide groups is 1. The molecule has 3 fully saturated rings. The number of carbonyl (C=O) groups is 4. The van der Waals surface area contributed by atoms with E-state index in [9.17, 15) is 23.6 Å². The number of carboxylic acid groups (broad SMARTS) is 1. The number of anilines is 2. The fourth-order valence-electron chi connectivity index (χ4n) is 6.56. The number of halogens is 1. The van der Waals surface area contributed by atoms with Crippen molar-refractivity contribution in [1.29, 1.82) is 0 Å². The standard InChI is InChI=1S/C30H34FN5O5/c31-24-16-20(30(40)41)1-4-25(24)35-9-7-19(8-10-35)17-33-11-13-34(14-12-33)22-2-3-23-21(15-22)18-36(29(23)39)26-5-6-27(37)32-28(26)38/h1-4,15-16,19,26H,5-14,17-18H2,(H,40,41)(H,32,37,38). The molecule has 0 spiro atoms. The van der Waals surface area contributed by atoms with Gasteiger partial charge < -0.3 is 19.8 Å². The zero-order valence-electron chi connectivity index (χ0n) is 22.9. The third-order valence-electron chi connectivity index (χ3n) is 8.91. The van der Waals surface area contributed by atoms with Crippen molar-refractivity contribution in [2.24, 2.45) is 5.92 Å². The van der Waals surface area contributed by atoms with Crippen LogP contribution in [0.4, 0.5) is 15.8 Å². The Labute approximate surface area is 237 Å². The Kier molecular flexibility index (Phi) is 7.37. The number of hydrogen-bond donors (Lipinski definition) is 2. The van der Waals surface area contributed by atoms with E-state index in [4.69, 9.17) is 5.11 Å². The van der Waals surface area contributed by atoms with Crippen molar-refractivity contribution in [3.05, 3.63) is 58.9 Å². The second kappa shape index (κ2) is 11.1. The molecule has 6 rings (SSSR count). The summed E-state index contributed by atoms with van der Waals surface area (Å²) < 4.78 is 14.5. The average Bonchev–Trinajstić information content (AvgIpc) is 3.29. The molecule has 216 valence electrons. The summed E-state index contributed by atoms with van der Waals surface area (Å²) in [6, 6.07) is 9.42. The van der Waals surface area contributed by atoms with E-state index in [2.05, 4.69) is 21.2 Å². The Morgan fingerprint density at radius 2 is 1.68 bits per heavy atom. The van der Waals surface area contributed by atoms with Crippen LogP contribution in [0.1, 0.15) is 52.0 Å². The minimum Gasteiger partial charge on any atom is -0.478 e. The van der Waals surface area contributed by atoms with Crippen molar-refractivity contribution in [3.8, 4) is 0 Å². The predicted octanol–water partition coefficient (Wildman–Crippen LogP) is 2.32. The van der Waals surface area contributed by atoms with E-state index in [1.807, 2.05) is 17.0 Å². The lowest BCUT2D eigenvalue weighted by atomic mass is 9.95. The fourth-order valence-corrected chi connectivity index (χ4v) is 6.56. The van der Waals surface area contributed by atoms with Gasteiger partial charge in [-0.05, 0) is 67.1 Å². The highest BCUT2D eigenvalue weighted by molar-refractivity contribution is 6.05. The van der Waals surface area contributed by atoms with Crippen LogP contribution >= 0.6 is 0 Å². The van der Waals surface area contributed by atoms with E-state index in [1.54, 1.807) is 11.0 Å². The largest absolute Gasteiger partial charge is 0.478 e. The van der Waals surface area contributed by atoms with Crippen molar-refractivity contribution in [1.82, 2.24) is 15.1 Å². The number of amides is 3. The van der Waals surface area contributed by atoms with E-state index in [-0.39, 0.29) is 23.8 Å². The summed E-state index contributed by atoms with van der Waals surface area (Å²) in [5.74, 6) is -1.93. The second-order valence-corrected chi connectivity index (χ2v) is 11.4. The SMILES string of the molecule is O=C1CCC(N2Cc3cc(N4CCN(CC5CCN(c6ccc(C(=O)O)cc6F)CC5)CC4)ccc3C2=O)C(=O)N1. The lowest BCUT2D eigenvalue weighted by Crippen LogP contribution is -2.52. The van der Waals surface area contributed by atoms with Gasteiger partial charge in [-0.1, -0.05) is 0 Å². The Hall–Kier alpha value is -3.99. The van der Waals surface area contributed by atoms with Gasteiger partial charge in [0.1, 0.15) is 11.9 Å². The minimum atomic E-state index is -1.13. The molecule has 3 amide bonds.